The van der Waals surface area contributed by atoms with Crippen LogP contribution in [0.4, 0.5) is 5.69 Å². The molecule has 6 nitrogen and oxygen atoms in total. The van der Waals surface area contributed by atoms with E-state index >= 15 is 0 Å². The van der Waals surface area contributed by atoms with Crippen molar-refractivity contribution in [1.29, 1.82) is 0 Å². The first kappa shape index (κ1) is 19.6. The maximum Gasteiger partial charge on any atom is 0.339 e. The molecule has 2 aromatic rings. The van der Waals surface area contributed by atoms with Gasteiger partial charge in [-0.15, -0.1) is 0 Å². The predicted octanol–water partition coefficient (Wildman–Crippen LogP) is 3.93. The topological polar surface area (TPSA) is 73.9 Å². The van der Waals surface area contributed by atoms with Gasteiger partial charge in [-0.05, 0) is 56.3 Å². The van der Waals surface area contributed by atoms with Gasteiger partial charge in [0.05, 0.1) is 24.3 Å². The number of methoxy groups -OCH3 is 1. The molecule has 2 rings (SSSR count). The Kier molecular flexibility index (Phi) is 6.86. The third kappa shape index (κ3) is 5.13. The average Bonchev–Trinajstić information content (AvgIpc) is 2.62. The van der Waals surface area contributed by atoms with Gasteiger partial charge in [0, 0.05) is 5.69 Å². The molecule has 0 aliphatic rings. The van der Waals surface area contributed by atoms with Crippen molar-refractivity contribution in [2.45, 2.75) is 20.0 Å². The van der Waals surface area contributed by atoms with Crippen LogP contribution in [0.15, 0.2) is 42.5 Å². The van der Waals surface area contributed by atoms with Crippen LogP contribution in [0, 0.1) is 0 Å². The fourth-order valence-electron chi connectivity index (χ4n) is 2.12. The van der Waals surface area contributed by atoms with Gasteiger partial charge in [-0.2, -0.15) is 0 Å². The number of nitrogens with one attached hydrogen (secondary N) is 1. The van der Waals surface area contributed by atoms with Crippen LogP contribution in [0.5, 0.6) is 11.5 Å². The van der Waals surface area contributed by atoms with Gasteiger partial charge in [-0.3, -0.25) is 4.79 Å². The van der Waals surface area contributed by atoms with E-state index in [1.54, 1.807) is 51.3 Å². The van der Waals surface area contributed by atoms with Gasteiger partial charge < -0.3 is 19.5 Å². The van der Waals surface area contributed by atoms with Crippen LogP contribution in [0.3, 0.4) is 0 Å². The molecule has 0 aliphatic carbocycles. The third-order valence-electron chi connectivity index (χ3n) is 3.47. The molecule has 0 unspecified atom stereocenters. The number of anilines is 1. The van der Waals surface area contributed by atoms with Gasteiger partial charge in [0.1, 0.15) is 11.5 Å². The third-order valence-corrected chi connectivity index (χ3v) is 3.79. The summed E-state index contributed by atoms with van der Waals surface area (Å²) >= 11 is 6.09. The van der Waals surface area contributed by atoms with E-state index in [4.69, 9.17) is 25.8 Å². The van der Waals surface area contributed by atoms with E-state index in [0.29, 0.717) is 17.2 Å². The lowest BCUT2D eigenvalue weighted by atomic mass is 10.2. The van der Waals surface area contributed by atoms with Crippen LogP contribution in [0.2, 0.25) is 5.02 Å². The van der Waals surface area contributed by atoms with E-state index in [1.165, 1.54) is 12.1 Å². The number of carbonyl (C=O) groups excluding carboxylic acids is 2. The number of esters is 1. The highest BCUT2D eigenvalue weighted by atomic mass is 35.5. The summed E-state index contributed by atoms with van der Waals surface area (Å²) < 4.78 is 15.6. The highest BCUT2D eigenvalue weighted by Crippen LogP contribution is 2.23. The number of benzene rings is 2. The first-order valence-corrected chi connectivity index (χ1v) is 8.40. The molecule has 7 heteroatoms. The van der Waals surface area contributed by atoms with Crippen molar-refractivity contribution < 1.29 is 23.8 Å². The van der Waals surface area contributed by atoms with Crippen LogP contribution in [0.25, 0.3) is 0 Å². The summed E-state index contributed by atoms with van der Waals surface area (Å²) in [6.45, 7) is 3.60. The molecule has 0 saturated carbocycles. The van der Waals surface area contributed by atoms with Gasteiger partial charge in [-0.25, -0.2) is 4.79 Å². The molecule has 1 amide bonds. The largest absolute Gasteiger partial charge is 0.497 e. The summed E-state index contributed by atoms with van der Waals surface area (Å²) in [6.07, 6.45) is -0.730. The Hall–Kier alpha value is -2.73. The molecular formula is C19H20ClNO5. The maximum atomic E-state index is 12.3. The van der Waals surface area contributed by atoms with E-state index in [0.717, 1.165) is 0 Å². The summed E-state index contributed by atoms with van der Waals surface area (Å²) in [5, 5.41) is 2.90. The van der Waals surface area contributed by atoms with Crippen LogP contribution in [-0.2, 0) is 9.53 Å². The second kappa shape index (κ2) is 9.10. The zero-order valence-electron chi connectivity index (χ0n) is 14.7. The monoisotopic (exact) mass is 377 g/mol. The first-order chi connectivity index (χ1) is 12.4. The molecule has 26 heavy (non-hydrogen) atoms. The van der Waals surface area contributed by atoms with E-state index in [-0.39, 0.29) is 23.1 Å². The second-order valence-corrected chi connectivity index (χ2v) is 5.75. The normalized spacial score (nSPS) is 11.4. The maximum absolute atomic E-state index is 12.3. The van der Waals surface area contributed by atoms with Gasteiger partial charge in [-0.1, -0.05) is 11.6 Å². The molecule has 138 valence electrons. The number of amides is 1. The minimum absolute atomic E-state index is 0.199. The number of carbonyl (C=O) groups is 2. The van der Waals surface area contributed by atoms with Crippen molar-refractivity contribution in [3.8, 4) is 11.5 Å². The molecule has 1 atom stereocenters. The standard InChI is InChI=1S/C19H20ClNO5/c1-4-25-19(23)16-10-5-13(11-17(16)20)21-18(22)12(2)26-15-8-6-14(24-3)7-9-15/h5-12H,4H2,1-3H3,(H,21,22)/t12-/m0/s1. The summed E-state index contributed by atoms with van der Waals surface area (Å²) in [7, 11) is 1.57. The van der Waals surface area contributed by atoms with E-state index in [9.17, 15) is 9.59 Å². The number of hydrogen-bond acceptors (Lipinski definition) is 5. The van der Waals surface area contributed by atoms with Crippen molar-refractivity contribution in [3.05, 3.63) is 53.1 Å². The molecule has 0 radical (unpaired) electrons. The van der Waals surface area contributed by atoms with E-state index < -0.39 is 12.1 Å². The smallest absolute Gasteiger partial charge is 0.339 e. The fraction of sp³-hybridized carbons (Fsp3) is 0.263. The Morgan fingerprint density at radius 3 is 2.35 bits per heavy atom. The Balaban J connectivity index is 1.99. The zero-order valence-corrected chi connectivity index (χ0v) is 15.5. The lowest BCUT2D eigenvalue weighted by Gasteiger charge is -2.15. The Morgan fingerprint density at radius 2 is 1.77 bits per heavy atom. The zero-order chi connectivity index (χ0) is 19.1. The summed E-state index contributed by atoms with van der Waals surface area (Å²) in [5.74, 6) is 0.391. The molecule has 0 fully saturated rings. The molecule has 0 aliphatic heterocycles. The highest BCUT2D eigenvalue weighted by molar-refractivity contribution is 6.34. The Bertz CT molecular complexity index is 776. The van der Waals surface area contributed by atoms with Gasteiger partial charge in [0.2, 0.25) is 0 Å². The van der Waals surface area contributed by atoms with Gasteiger partial charge in [0.25, 0.3) is 5.91 Å². The lowest BCUT2D eigenvalue weighted by molar-refractivity contribution is -0.122. The van der Waals surface area contributed by atoms with Gasteiger partial charge >= 0.3 is 5.97 Å². The van der Waals surface area contributed by atoms with Crippen LogP contribution < -0.4 is 14.8 Å². The summed E-state index contributed by atoms with van der Waals surface area (Å²) in [6, 6.07) is 11.5. The van der Waals surface area contributed by atoms with Crippen molar-refractivity contribution in [2.75, 3.05) is 19.0 Å². The molecule has 0 aromatic heterocycles. The SMILES string of the molecule is CCOC(=O)c1ccc(NC(=O)[C@H](C)Oc2ccc(OC)cc2)cc1Cl. The molecule has 0 heterocycles. The van der Waals surface area contributed by atoms with Crippen LogP contribution >= 0.6 is 11.6 Å². The minimum atomic E-state index is -0.730. The molecule has 0 saturated heterocycles. The first-order valence-electron chi connectivity index (χ1n) is 8.02. The molecule has 0 bridgehead atoms. The van der Waals surface area contributed by atoms with Crippen molar-refractivity contribution >= 4 is 29.2 Å². The molecule has 2 aromatic carbocycles. The van der Waals surface area contributed by atoms with E-state index in [1.807, 2.05) is 0 Å². The van der Waals surface area contributed by atoms with Gasteiger partial charge in [0.15, 0.2) is 6.10 Å². The predicted molar refractivity (Wildman–Crippen MR) is 99.1 cm³/mol. The number of ether oxygens (including phenoxy) is 3. The number of rotatable bonds is 7. The highest BCUT2D eigenvalue weighted by Gasteiger charge is 2.17. The number of hydrogen-bond donors (Lipinski definition) is 1. The Morgan fingerprint density at radius 1 is 1.12 bits per heavy atom. The molecule has 0 spiro atoms. The van der Waals surface area contributed by atoms with Crippen molar-refractivity contribution in [2.24, 2.45) is 0 Å². The molecule has 1 N–H and O–H groups in total. The second-order valence-electron chi connectivity index (χ2n) is 5.34. The summed E-state index contributed by atoms with van der Waals surface area (Å²) in [5.41, 5.74) is 0.701. The molecular weight excluding hydrogens is 358 g/mol. The Labute approximate surface area is 157 Å². The average molecular weight is 378 g/mol. The minimum Gasteiger partial charge on any atom is -0.497 e. The van der Waals surface area contributed by atoms with Crippen LogP contribution in [0.1, 0.15) is 24.2 Å². The fourth-order valence-corrected chi connectivity index (χ4v) is 2.38. The quantitative estimate of drug-likeness (QED) is 0.740. The van der Waals surface area contributed by atoms with Crippen molar-refractivity contribution in [3.63, 3.8) is 0 Å². The number of halogens is 1. The lowest BCUT2D eigenvalue weighted by Crippen LogP contribution is -2.30. The van der Waals surface area contributed by atoms with Crippen molar-refractivity contribution in [1.82, 2.24) is 0 Å². The van der Waals surface area contributed by atoms with Crippen LogP contribution in [-0.4, -0.2) is 31.7 Å². The summed E-state index contributed by atoms with van der Waals surface area (Å²) in [4.78, 5) is 24.0. The van der Waals surface area contributed by atoms with E-state index in [2.05, 4.69) is 5.32 Å².